The molecule has 20 heavy (non-hydrogen) atoms. The molecule has 1 atom stereocenters. The fourth-order valence-corrected chi connectivity index (χ4v) is 2.22. The molecule has 0 saturated carbocycles. The molecule has 3 N–H and O–H groups in total. The molecule has 11 heteroatoms. The van der Waals surface area contributed by atoms with E-state index in [9.17, 15) is 27.7 Å². The first-order chi connectivity index (χ1) is 9.15. The van der Waals surface area contributed by atoms with E-state index in [0.29, 0.717) is 12.1 Å². The molecule has 0 bridgehead atoms. The molecule has 0 aliphatic carbocycles. The quantitative estimate of drug-likeness (QED) is 0.472. The summed E-state index contributed by atoms with van der Waals surface area (Å²) in [4.78, 5) is 19.1. The van der Waals surface area contributed by atoms with Gasteiger partial charge in [0.1, 0.15) is 0 Å². The maximum atomic E-state index is 13.1. The number of aliphatic hydroxyl groups is 1. The van der Waals surface area contributed by atoms with Crippen LogP contribution in [0.2, 0.25) is 0 Å². The Bertz CT molecular complexity index is 646. The number of nitro benzene ring substituents is 1. The van der Waals surface area contributed by atoms with Gasteiger partial charge in [0.15, 0.2) is 6.10 Å². The van der Waals surface area contributed by atoms with E-state index in [4.69, 9.17) is 10.2 Å². The van der Waals surface area contributed by atoms with E-state index in [1.54, 1.807) is 4.72 Å². The third-order valence-corrected chi connectivity index (χ3v) is 3.60. The van der Waals surface area contributed by atoms with E-state index >= 15 is 0 Å². The van der Waals surface area contributed by atoms with Gasteiger partial charge in [-0.2, -0.15) is 4.39 Å². The van der Waals surface area contributed by atoms with Gasteiger partial charge in [0.05, 0.1) is 9.82 Å². The van der Waals surface area contributed by atoms with Crippen LogP contribution in [0.5, 0.6) is 0 Å². The van der Waals surface area contributed by atoms with Crippen molar-refractivity contribution in [3.8, 4) is 0 Å². The number of carboxylic acid groups (broad SMARTS) is 1. The third kappa shape index (κ3) is 3.69. The van der Waals surface area contributed by atoms with E-state index < -0.39 is 50.0 Å². The van der Waals surface area contributed by atoms with Gasteiger partial charge in [-0.3, -0.25) is 10.1 Å². The number of sulfonamides is 1. The second-order valence-electron chi connectivity index (χ2n) is 3.58. The first kappa shape index (κ1) is 15.9. The molecule has 0 fully saturated rings. The Labute approximate surface area is 111 Å². The maximum Gasteiger partial charge on any atom is 0.333 e. The van der Waals surface area contributed by atoms with Crippen molar-refractivity contribution in [2.24, 2.45) is 0 Å². The molecule has 9 nitrogen and oxygen atoms in total. The molecule has 0 aromatic heterocycles. The minimum Gasteiger partial charge on any atom is -0.479 e. The van der Waals surface area contributed by atoms with Gasteiger partial charge in [0.25, 0.3) is 0 Å². The first-order valence-corrected chi connectivity index (χ1v) is 6.48. The lowest BCUT2D eigenvalue weighted by molar-refractivity contribution is -0.387. The van der Waals surface area contributed by atoms with Crippen LogP contribution in [0.3, 0.4) is 0 Å². The fourth-order valence-electron chi connectivity index (χ4n) is 1.16. The number of nitrogens with one attached hydrogen (secondary N) is 1. The molecule has 0 radical (unpaired) electrons. The Morgan fingerprint density at radius 3 is 2.60 bits per heavy atom. The molecule has 0 amide bonds. The zero-order valence-electron chi connectivity index (χ0n) is 9.69. The number of hydrogen-bond donors (Lipinski definition) is 3. The van der Waals surface area contributed by atoms with Gasteiger partial charge in [0.2, 0.25) is 15.8 Å². The summed E-state index contributed by atoms with van der Waals surface area (Å²) in [6.45, 7) is -0.831. The molecule has 0 heterocycles. The lowest BCUT2D eigenvalue weighted by Crippen LogP contribution is -2.36. The number of hydrogen-bond acceptors (Lipinski definition) is 6. The zero-order valence-corrected chi connectivity index (χ0v) is 10.5. The number of halogens is 1. The molecule has 0 spiro atoms. The fraction of sp³-hybridized carbons (Fsp3) is 0.222. The number of nitrogens with zero attached hydrogens (tertiary/aromatic N) is 1. The summed E-state index contributed by atoms with van der Waals surface area (Å²) in [5.74, 6) is -2.85. The summed E-state index contributed by atoms with van der Waals surface area (Å²) >= 11 is 0. The van der Waals surface area contributed by atoms with E-state index in [0.717, 1.165) is 6.07 Å². The highest BCUT2D eigenvalue weighted by molar-refractivity contribution is 7.89. The highest BCUT2D eigenvalue weighted by atomic mass is 32.2. The molecule has 0 saturated heterocycles. The number of benzene rings is 1. The van der Waals surface area contributed by atoms with Gasteiger partial charge in [0, 0.05) is 12.6 Å². The van der Waals surface area contributed by atoms with Gasteiger partial charge in [-0.05, 0) is 12.1 Å². The third-order valence-electron chi connectivity index (χ3n) is 2.18. The van der Waals surface area contributed by atoms with Crippen LogP contribution >= 0.6 is 0 Å². The minimum absolute atomic E-state index is 0.491. The van der Waals surface area contributed by atoms with Crippen molar-refractivity contribution < 1.29 is 32.7 Å². The SMILES string of the molecule is O=C(O)[C@@H](O)CNS(=O)(=O)c1ccc(F)c([N+](=O)[O-])c1. The van der Waals surface area contributed by atoms with E-state index in [1.165, 1.54) is 0 Å². The summed E-state index contributed by atoms with van der Waals surface area (Å²) in [5.41, 5.74) is -1.04. The molecular weight excluding hydrogens is 299 g/mol. The zero-order chi connectivity index (χ0) is 15.5. The predicted molar refractivity (Wildman–Crippen MR) is 61.9 cm³/mol. The Morgan fingerprint density at radius 1 is 1.50 bits per heavy atom. The van der Waals surface area contributed by atoms with Crippen LogP contribution in [0.1, 0.15) is 0 Å². The maximum absolute atomic E-state index is 13.1. The van der Waals surface area contributed by atoms with Crippen LogP contribution in [0.15, 0.2) is 23.1 Å². The van der Waals surface area contributed by atoms with Crippen molar-refractivity contribution >= 4 is 21.7 Å². The summed E-state index contributed by atoms with van der Waals surface area (Å²) in [6, 6.07) is 1.86. The van der Waals surface area contributed by atoms with Gasteiger partial charge in [-0.15, -0.1) is 0 Å². The Kier molecular flexibility index (Phi) is 4.70. The smallest absolute Gasteiger partial charge is 0.333 e. The molecule has 1 aromatic carbocycles. The lowest BCUT2D eigenvalue weighted by atomic mass is 10.3. The van der Waals surface area contributed by atoms with Crippen molar-refractivity contribution in [2.75, 3.05) is 6.54 Å². The minimum atomic E-state index is -4.31. The number of carbonyl (C=O) groups is 1. The highest BCUT2D eigenvalue weighted by Gasteiger charge is 2.23. The van der Waals surface area contributed by atoms with Crippen LogP contribution in [0.25, 0.3) is 0 Å². The van der Waals surface area contributed by atoms with Crippen LogP contribution in [0, 0.1) is 15.9 Å². The van der Waals surface area contributed by atoms with E-state index in [1.807, 2.05) is 0 Å². The normalized spacial score (nSPS) is 12.9. The number of aliphatic hydroxyl groups excluding tert-OH is 1. The molecule has 1 rings (SSSR count). The summed E-state index contributed by atoms with van der Waals surface area (Å²) in [5, 5.41) is 27.8. The van der Waals surface area contributed by atoms with Crippen LogP contribution in [-0.4, -0.2) is 42.2 Å². The number of nitro groups is 1. The first-order valence-electron chi connectivity index (χ1n) is 4.99. The summed E-state index contributed by atoms with van der Waals surface area (Å²) in [6.07, 6.45) is -1.97. The number of aliphatic carboxylic acids is 1. The van der Waals surface area contributed by atoms with Gasteiger partial charge in [-0.25, -0.2) is 17.9 Å². The average Bonchev–Trinajstić information content (AvgIpc) is 2.35. The van der Waals surface area contributed by atoms with Gasteiger partial charge in [-0.1, -0.05) is 0 Å². The van der Waals surface area contributed by atoms with E-state index in [2.05, 4.69) is 0 Å². The van der Waals surface area contributed by atoms with Crippen LogP contribution in [0.4, 0.5) is 10.1 Å². The molecule has 1 aromatic rings. The van der Waals surface area contributed by atoms with Crippen LogP contribution in [-0.2, 0) is 14.8 Å². The van der Waals surface area contributed by atoms with Crippen molar-refractivity contribution in [3.63, 3.8) is 0 Å². The second-order valence-corrected chi connectivity index (χ2v) is 5.34. The Balaban J connectivity index is 3.01. The molecule has 0 unspecified atom stereocenters. The predicted octanol–water partition coefficient (Wildman–Crippen LogP) is -0.542. The molecular formula is C9H9FN2O7S. The standard InChI is InChI=1S/C9H9FN2O7S/c10-6-2-1-5(3-7(6)12(16)17)20(18,19)11-4-8(13)9(14)15/h1-3,8,11,13H,4H2,(H,14,15)/t8-/m0/s1. The summed E-state index contributed by atoms with van der Waals surface area (Å²) in [7, 11) is -4.31. The average molecular weight is 308 g/mol. The largest absolute Gasteiger partial charge is 0.479 e. The summed E-state index contributed by atoms with van der Waals surface area (Å²) < 4.78 is 38.2. The Hall–Kier alpha value is -2.11. The number of rotatable bonds is 6. The van der Waals surface area contributed by atoms with Crippen molar-refractivity contribution in [1.82, 2.24) is 4.72 Å². The van der Waals surface area contributed by atoms with Crippen LogP contribution < -0.4 is 4.72 Å². The molecule has 0 aliphatic heterocycles. The number of carboxylic acids is 1. The monoisotopic (exact) mass is 308 g/mol. The molecule has 110 valence electrons. The highest BCUT2D eigenvalue weighted by Crippen LogP contribution is 2.21. The van der Waals surface area contributed by atoms with Crippen molar-refractivity contribution in [1.29, 1.82) is 0 Å². The Morgan fingerprint density at radius 2 is 2.10 bits per heavy atom. The second kappa shape index (κ2) is 5.90. The van der Waals surface area contributed by atoms with Crippen molar-refractivity contribution in [2.45, 2.75) is 11.0 Å². The van der Waals surface area contributed by atoms with Gasteiger partial charge >= 0.3 is 11.7 Å². The van der Waals surface area contributed by atoms with Crippen molar-refractivity contribution in [3.05, 3.63) is 34.1 Å². The molecule has 0 aliphatic rings. The van der Waals surface area contributed by atoms with E-state index in [-0.39, 0.29) is 0 Å². The topological polar surface area (TPSA) is 147 Å². The lowest BCUT2D eigenvalue weighted by Gasteiger charge is -2.08. The van der Waals surface area contributed by atoms with Gasteiger partial charge < -0.3 is 10.2 Å².